The maximum absolute atomic E-state index is 8.47. The third-order valence-electron chi connectivity index (χ3n) is 0.962. The van der Waals surface area contributed by atoms with E-state index in [9.17, 15) is 0 Å². The molecule has 0 aromatic carbocycles. The van der Waals surface area contributed by atoms with Crippen LogP contribution in [0.25, 0.3) is 4.85 Å². The van der Waals surface area contributed by atoms with Crippen LogP contribution in [0.5, 0.6) is 0 Å². The molecule has 64 valence electrons. The summed E-state index contributed by atoms with van der Waals surface area (Å²) in [4.78, 5) is 2.96. The van der Waals surface area contributed by atoms with Gasteiger partial charge in [0.25, 0.3) is 5.95 Å². The number of hydrogen-bond acceptors (Lipinski definition) is 3. The quantitative estimate of drug-likeness (QED) is 0.362. The van der Waals surface area contributed by atoms with E-state index in [1.807, 2.05) is 0 Å². The van der Waals surface area contributed by atoms with Crippen LogP contribution in [0.4, 0.5) is 0 Å². The zero-order valence-corrected chi connectivity index (χ0v) is 7.13. The van der Waals surface area contributed by atoms with Gasteiger partial charge in [-0.2, -0.15) is 0 Å². The topological polar surface area (TPSA) is 46.6 Å². The number of ether oxygens (including phenoxy) is 2. The van der Waals surface area contributed by atoms with Gasteiger partial charge in [0.2, 0.25) is 0 Å². The summed E-state index contributed by atoms with van der Waals surface area (Å²) < 4.78 is 9.89. The number of nitriles is 1. The fourth-order valence-corrected chi connectivity index (χ4v) is 0.557. The lowest BCUT2D eigenvalue weighted by Gasteiger charge is -2.07. The standard InChI is InChI=1S/C8H10N2O2/c1-4-11-8(12-5-2)7(6-9)10-3/h4-5H2,1-2H3. The summed E-state index contributed by atoms with van der Waals surface area (Å²) in [6.45, 7) is 10.9. The second-order valence-electron chi connectivity index (χ2n) is 1.73. The van der Waals surface area contributed by atoms with Gasteiger partial charge in [-0.3, -0.25) is 0 Å². The molecule has 0 aromatic rings. The Bertz CT molecular complexity index is 221. The molecular weight excluding hydrogens is 156 g/mol. The van der Waals surface area contributed by atoms with Crippen LogP contribution < -0.4 is 0 Å². The van der Waals surface area contributed by atoms with E-state index in [-0.39, 0.29) is 11.6 Å². The van der Waals surface area contributed by atoms with Crippen molar-refractivity contribution in [2.45, 2.75) is 13.8 Å². The van der Waals surface area contributed by atoms with Gasteiger partial charge < -0.3 is 9.47 Å². The number of nitrogens with zero attached hydrogens (tertiary/aromatic N) is 2. The highest BCUT2D eigenvalue weighted by atomic mass is 16.7. The molecule has 0 bridgehead atoms. The predicted molar refractivity (Wildman–Crippen MR) is 42.5 cm³/mol. The molecule has 0 aromatic heterocycles. The average Bonchev–Trinajstić information content (AvgIpc) is 2.07. The molecule has 0 radical (unpaired) electrons. The van der Waals surface area contributed by atoms with Crippen LogP contribution in [0, 0.1) is 17.9 Å². The van der Waals surface area contributed by atoms with Gasteiger partial charge in [-0.1, -0.05) is 0 Å². The largest absolute Gasteiger partial charge is 0.474 e. The SMILES string of the molecule is [C-]#[N+]C(C#N)=C(OCC)OCC. The van der Waals surface area contributed by atoms with Crippen LogP contribution in [-0.2, 0) is 9.47 Å². The van der Waals surface area contributed by atoms with E-state index in [1.54, 1.807) is 19.9 Å². The van der Waals surface area contributed by atoms with E-state index in [4.69, 9.17) is 21.3 Å². The minimum Gasteiger partial charge on any atom is -0.474 e. The van der Waals surface area contributed by atoms with E-state index >= 15 is 0 Å². The molecule has 0 spiro atoms. The first-order valence-corrected chi connectivity index (χ1v) is 3.57. The Balaban J connectivity index is 4.57. The maximum atomic E-state index is 8.47. The maximum Gasteiger partial charge on any atom is 0.339 e. The minimum atomic E-state index is -0.140. The van der Waals surface area contributed by atoms with Crippen LogP contribution in [-0.4, -0.2) is 13.2 Å². The molecule has 4 heteroatoms. The lowest BCUT2D eigenvalue weighted by molar-refractivity contribution is 0.0448. The summed E-state index contributed by atoms with van der Waals surface area (Å²) in [7, 11) is 0. The first-order chi connectivity index (χ1) is 5.79. The molecule has 4 nitrogen and oxygen atoms in total. The van der Waals surface area contributed by atoms with Crippen LogP contribution in [0.3, 0.4) is 0 Å². The summed E-state index contributed by atoms with van der Waals surface area (Å²) in [5, 5.41) is 8.47. The van der Waals surface area contributed by atoms with Gasteiger partial charge in [0, 0.05) is 0 Å². The Morgan fingerprint density at radius 2 is 1.92 bits per heavy atom. The van der Waals surface area contributed by atoms with Gasteiger partial charge in [0.05, 0.1) is 25.9 Å². The molecule has 0 saturated heterocycles. The van der Waals surface area contributed by atoms with Gasteiger partial charge in [-0.25, -0.2) is 10.1 Å². The van der Waals surface area contributed by atoms with Gasteiger partial charge in [-0.05, 0) is 13.8 Å². The highest BCUT2D eigenvalue weighted by molar-refractivity contribution is 5.27. The van der Waals surface area contributed by atoms with Gasteiger partial charge in [-0.15, -0.1) is 0 Å². The Kier molecular flexibility index (Phi) is 5.21. The average molecular weight is 166 g/mol. The molecule has 0 amide bonds. The molecular formula is C8H10N2O2. The predicted octanol–water partition coefficient (Wildman–Crippen LogP) is 1.67. The Labute approximate surface area is 71.8 Å². The minimum absolute atomic E-state index is 0.0255. The van der Waals surface area contributed by atoms with Crippen LogP contribution in [0.1, 0.15) is 13.8 Å². The van der Waals surface area contributed by atoms with Gasteiger partial charge in [0.1, 0.15) is 0 Å². The summed E-state index contributed by atoms with van der Waals surface area (Å²) >= 11 is 0. The molecule has 12 heavy (non-hydrogen) atoms. The van der Waals surface area contributed by atoms with Crippen molar-refractivity contribution in [3.63, 3.8) is 0 Å². The van der Waals surface area contributed by atoms with E-state index < -0.39 is 0 Å². The van der Waals surface area contributed by atoms with Crippen molar-refractivity contribution in [1.29, 1.82) is 5.26 Å². The number of rotatable bonds is 4. The van der Waals surface area contributed by atoms with Gasteiger partial charge in [0.15, 0.2) is 0 Å². The molecule has 0 aliphatic carbocycles. The van der Waals surface area contributed by atoms with E-state index in [0.29, 0.717) is 13.2 Å². The molecule has 0 atom stereocenters. The lowest BCUT2D eigenvalue weighted by atomic mass is 10.5. The second kappa shape index (κ2) is 6.06. The Hall–Kier alpha value is -1.68. The van der Waals surface area contributed by atoms with E-state index in [1.165, 1.54) is 0 Å². The summed E-state index contributed by atoms with van der Waals surface area (Å²) in [6.07, 6.45) is 0. The van der Waals surface area contributed by atoms with Crippen LogP contribution in [0.2, 0.25) is 0 Å². The summed E-state index contributed by atoms with van der Waals surface area (Å²) in [6, 6.07) is 1.70. The first-order valence-electron chi connectivity index (χ1n) is 3.57. The van der Waals surface area contributed by atoms with Crippen LogP contribution >= 0.6 is 0 Å². The van der Waals surface area contributed by atoms with Crippen molar-refractivity contribution in [3.8, 4) is 6.07 Å². The summed E-state index contributed by atoms with van der Waals surface area (Å²) in [5.41, 5.74) is -0.140. The number of allylic oxidation sites excluding steroid dienone is 1. The van der Waals surface area contributed by atoms with Crippen molar-refractivity contribution in [2.24, 2.45) is 0 Å². The van der Waals surface area contributed by atoms with Gasteiger partial charge >= 0.3 is 5.70 Å². The zero-order valence-electron chi connectivity index (χ0n) is 7.13. The third-order valence-corrected chi connectivity index (χ3v) is 0.962. The normalized spacial score (nSPS) is 7.67. The zero-order chi connectivity index (χ0) is 9.40. The lowest BCUT2D eigenvalue weighted by Crippen LogP contribution is -1.99. The van der Waals surface area contributed by atoms with E-state index in [0.717, 1.165) is 0 Å². The van der Waals surface area contributed by atoms with Crippen molar-refractivity contribution in [3.05, 3.63) is 23.1 Å². The monoisotopic (exact) mass is 166 g/mol. The molecule has 0 aliphatic rings. The third kappa shape index (κ3) is 2.94. The van der Waals surface area contributed by atoms with Crippen molar-refractivity contribution in [1.82, 2.24) is 0 Å². The van der Waals surface area contributed by atoms with Crippen molar-refractivity contribution >= 4 is 0 Å². The van der Waals surface area contributed by atoms with E-state index in [2.05, 4.69) is 4.85 Å². The molecule has 0 aliphatic heterocycles. The Morgan fingerprint density at radius 3 is 2.17 bits per heavy atom. The van der Waals surface area contributed by atoms with Crippen molar-refractivity contribution < 1.29 is 9.47 Å². The van der Waals surface area contributed by atoms with Crippen molar-refractivity contribution in [2.75, 3.05) is 13.2 Å². The second-order valence-corrected chi connectivity index (χ2v) is 1.73. The molecule has 0 unspecified atom stereocenters. The highest BCUT2D eigenvalue weighted by Crippen LogP contribution is 2.08. The fourth-order valence-electron chi connectivity index (χ4n) is 0.557. The molecule has 0 fully saturated rings. The Morgan fingerprint density at radius 1 is 1.42 bits per heavy atom. The molecule has 0 heterocycles. The fraction of sp³-hybridized carbons (Fsp3) is 0.500. The highest BCUT2D eigenvalue weighted by Gasteiger charge is 2.07. The molecule has 0 N–H and O–H groups in total. The smallest absolute Gasteiger partial charge is 0.339 e. The molecule has 0 rings (SSSR count). The first kappa shape index (κ1) is 10.3. The number of hydrogen-bond donors (Lipinski definition) is 0. The molecule has 0 saturated carbocycles. The van der Waals surface area contributed by atoms with Crippen LogP contribution in [0.15, 0.2) is 11.6 Å². The summed E-state index contributed by atoms with van der Waals surface area (Å²) in [5.74, 6) is 0.0255.